The highest BCUT2D eigenvalue weighted by atomic mass is 16.5. The van der Waals surface area contributed by atoms with Gasteiger partial charge in [0.2, 0.25) is 11.8 Å². The average molecular weight is 312 g/mol. The number of hydrogen-bond donors (Lipinski definition) is 2. The number of rotatable bonds is 5. The highest BCUT2D eigenvalue weighted by molar-refractivity contribution is 5.87. The highest BCUT2D eigenvalue weighted by Gasteiger charge is 2.37. The zero-order valence-corrected chi connectivity index (χ0v) is 13.6. The van der Waals surface area contributed by atoms with Gasteiger partial charge in [-0.1, -0.05) is 19.8 Å². The summed E-state index contributed by atoms with van der Waals surface area (Å²) in [6.45, 7) is 4.82. The summed E-state index contributed by atoms with van der Waals surface area (Å²) in [6.07, 6.45) is 4.81. The van der Waals surface area contributed by atoms with Crippen LogP contribution in [0, 0.1) is 5.92 Å². The summed E-state index contributed by atoms with van der Waals surface area (Å²) in [5.74, 6) is 0.207. The molecule has 0 radical (unpaired) electrons. The van der Waals surface area contributed by atoms with Gasteiger partial charge >= 0.3 is 0 Å². The Balaban J connectivity index is 1.70. The van der Waals surface area contributed by atoms with Gasteiger partial charge in [0.25, 0.3) is 0 Å². The molecule has 1 saturated carbocycles. The number of aliphatic hydroxyl groups is 1. The predicted octanol–water partition coefficient (Wildman–Crippen LogP) is 0.680. The minimum atomic E-state index is -0.612. The minimum Gasteiger partial charge on any atom is -0.391 e. The molecule has 4 atom stereocenters. The Kier molecular flexibility index (Phi) is 6.20. The van der Waals surface area contributed by atoms with Crippen LogP contribution in [0.25, 0.3) is 0 Å². The molecule has 2 aliphatic rings. The lowest BCUT2D eigenvalue weighted by Gasteiger charge is -2.29. The molecule has 2 N–H and O–H groups in total. The molecule has 0 spiro atoms. The van der Waals surface area contributed by atoms with Gasteiger partial charge in [-0.3, -0.25) is 9.59 Å². The quantitative estimate of drug-likeness (QED) is 0.732. The van der Waals surface area contributed by atoms with Gasteiger partial charge in [0.05, 0.1) is 18.8 Å². The zero-order valence-electron chi connectivity index (χ0n) is 13.6. The summed E-state index contributed by atoms with van der Waals surface area (Å²) in [6, 6.07) is -0.555. The van der Waals surface area contributed by atoms with Gasteiger partial charge in [-0.2, -0.15) is 0 Å². The van der Waals surface area contributed by atoms with Crippen molar-refractivity contribution in [3.05, 3.63) is 0 Å². The predicted molar refractivity (Wildman–Crippen MR) is 82.2 cm³/mol. The third-order valence-corrected chi connectivity index (χ3v) is 4.75. The Morgan fingerprint density at radius 2 is 2.05 bits per heavy atom. The summed E-state index contributed by atoms with van der Waals surface area (Å²) in [7, 11) is 0. The maximum Gasteiger partial charge on any atom is 0.242 e. The number of amides is 2. The maximum absolute atomic E-state index is 12.1. The van der Waals surface area contributed by atoms with Crippen molar-refractivity contribution in [3.8, 4) is 0 Å². The summed E-state index contributed by atoms with van der Waals surface area (Å²) >= 11 is 0. The highest BCUT2D eigenvalue weighted by Crippen LogP contribution is 2.26. The van der Waals surface area contributed by atoms with Gasteiger partial charge in [0.1, 0.15) is 6.04 Å². The maximum atomic E-state index is 12.1. The fraction of sp³-hybridized carbons (Fsp3) is 0.875. The van der Waals surface area contributed by atoms with E-state index < -0.39 is 12.1 Å². The van der Waals surface area contributed by atoms with Crippen LogP contribution in [0.2, 0.25) is 0 Å². The van der Waals surface area contributed by atoms with Gasteiger partial charge < -0.3 is 20.1 Å². The SMILES string of the molecule is CC(=O)N1C[C@@H](O)C[C@@H]1C(=O)NCCO[C@@H]1CCCC[C@@H]1C. The first kappa shape index (κ1) is 17.2. The number of likely N-dealkylation sites (tertiary alicyclic amines) is 1. The zero-order chi connectivity index (χ0) is 16.1. The fourth-order valence-electron chi connectivity index (χ4n) is 3.44. The second-order valence-corrected chi connectivity index (χ2v) is 6.54. The first-order chi connectivity index (χ1) is 10.5. The van der Waals surface area contributed by atoms with E-state index in [2.05, 4.69) is 12.2 Å². The van der Waals surface area contributed by atoms with Crippen molar-refractivity contribution in [2.75, 3.05) is 19.7 Å². The molecule has 0 aromatic carbocycles. The van der Waals surface area contributed by atoms with E-state index in [0.717, 1.165) is 6.42 Å². The number of carbonyl (C=O) groups is 2. The number of nitrogens with zero attached hydrogens (tertiary/aromatic N) is 1. The molecule has 1 aliphatic carbocycles. The molecule has 2 rings (SSSR count). The summed E-state index contributed by atoms with van der Waals surface area (Å²) in [5.41, 5.74) is 0. The van der Waals surface area contributed by atoms with Crippen molar-refractivity contribution >= 4 is 11.8 Å². The standard InChI is InChI=1S/C16H28N2O4/c1-11-5-3-4-6-15(11)22-8-7-17-16(21)14-9-13(20)10-18(14)12(2)19/h11,13-15,20H,3-10H2,1-2H3,(H,17,21)/t11-,13-,14+,15+/m0/s1. The molecule has 0 bridgehead atoms. The van der Waals surface area contributed by atoms with Crippen molar-refractivity contribution in [2.24, 2.45) is 5.92 Å². The molecule has 22 heavy (non-hydrogen) atoms. The lowest BCUT2D eigenvalue weighted by molar-refractivity contribution is -0.137. The molecule has 6 nitrogen and oxygen atoms in total. The van der Waals surface area contributed by atoms with Crippen LogP contribution in [0.5, 0.6) is 0 Å². The molecule has 0 aromatic rings. The molecule has 2 fully saturated rings. The van der Waals surface area contributed by atoms with Crippen LogP contribution in [0.4, 0.5) is 0 Å². The van der Waals surface area contributed by atoms with E-state index in [0.29, 0.717) is 31.6 Å². The van der Waals surface area contributed by atoms with E-state index >= 15 is 0 Å². The van der Waals surface area contributed by atoms with Crippen molar-refractivity contribution in [1.29, 1.82) is 0 Å². The number of hydrogen-bond acceptors (Lipinski definition) is 4. The molecule has 0 aromatic heterocycles. The van der Waals surface area contributed by atoms with E-state index in [-0.39, 0.29) is 18.4 Å². The van der Waals surface area contributed by atoms with E-state index in [4.69, 9.17) is 4.74 Å². The van der Waals surface area contributed by atoms with Crippen LogP contribution in [-0.2, 0) is 14.3 Å². The van der Waals surface area contributed by atoms with Gasteiger partial charge in [-0.15, -0.1) is 0 Å². The number of nitrogens with one attached hydrogen (secondary N) is 1. The first-order valence-corrected chi connectivity index (χ1v) is 8.33. The molecule has 2 amide bonds. The van der Waals surface area contributed by atoms with Crippen molar-refractivity contribution in [1.82, 2.24) is 10.2 Å². The van der Waals surface area contributed by atoms with Crippen LogP contribution in [0.3, 0.4) is 0 Å². The van der Waals surface area contributed by atoms with Crippen LogP contribution < -0.4 is 5.32 Å². The van der Waals surface area contributed by atoms with E-state index in [1.165, 1.54) is 31.1 Å². The van der Waals surface area contributed by atoms with Crippen LogP contribution in [-0.4, -0.2) is 59.8 Å². The summed E-state index contributed by atoms with van der Waals surface area (Å²) in [5, 5.41) is 12.5. The van der Waals surface area contributed by atoms with Gasteiger partial charge in [0, 0.05) is 26.4 Å². The second-order valence-electron chi connectivity index (χ2n) is 6.54. The molecule has 1 aliphatic heterocycles. The van der Waals surface area contributed by atoms with Crippen LogP contribution >= 0.6 is 0 Å². The largest absolute Gasteiger partial charge is 0.391 e. The Bertz CT molecular complexity index is 402. The van der Waals surface area contributed by atoms with Gasteiger partial charge in [-0.25, -0.2) is 0 Å². The second kappa shape index (κ2) is 7.92. The van der Waals surface area contributed by atoms with E-state index in [1.807, 2.05) is 0 Å². The molecule has 0 unspecified atom stereocenters. The summed E-state index contributed by atoms with van der Waals surface area (Å²) in [4.78, 5) is 25.1. The van der Waals surface area contributed by atoms with Crippen LogP contribution in [0.15, 0.2) is 0 Å². The van der Waals surface area contributed by atoms with Crippen molar-refractivity contribution in [2.45, 2.75) is 64.2 Å². The Morgan fingerprint density at radius 3 is 2.73 bits per heavy atom. The first-order valence-electron chi connectivity index (χ1n) is 8.33. The van der Waals surface area contributed by atoms with Gasteiger partial charge in [-0.05, 0) is 18.8 Å². The molecule has 6 heteroatoms. The Morgan fingerprint density at radius 1 is 1.32 bits per heavy atom. The molecular formula is C16H28N2O4. The van der Waals surface area contributed by atoms with Crippen molar-refractivity contribution < 1.29 is 19.4 Å². The topological polar surface area (TPSA) is 78.9 Å². The number of β-amino-alcohol motifs (C(OH)–C–C–N with tert-alkyl or cyclic N) is 1. The number of aliphatic hydroxyl groups excluding tert-OH is 1. The minimum absolute atomic E-state index is 0.177. The average Bonchev–Trinajstić information content (AvgIpc) is 2.87. The molecule has 126 valence electrons. The third kappa shape index (κ3) is 4.43. The summed E-state index contributed by atoms with van der Waals surface area (Å²) < 4.78 is 5.86. The Labute approximate surface area is 132 Å². The Hall–Kier alpha value is -1.14. The van der Waals surface area contributed by atoms with E-state index in [1.54, 1.807) is 0 Å². The van der Waals surface area contributed by atoms with E-state index in [9.17, 15) is 14.7 Å². The van der Waals surface area contributed by atoms with Crippen LogP contribution in [0.1, 0.15) is 46.0 Å². The molecular weight excluding hydrogens is 284 g/mol. The third-order valence-electron chi connectivity index (χ3n) is 4.75. The number of carbonyl (C=O) groups excluding carboxylic acids is 2. The number of ether oxygens (including phenoxy) is 1. The monoisotopic (exact) mass is 312 g/mol. The smallest absolute Gasteiger partial charge is 0.242 e. The lowest BCUT2D eigenvalue weighted by Crippen LogP contribution is -2.46. The molecule has 1 heterocycles. The van der Waals surface area contributed by atoms with Gasteiger partial charge in [0.15, 0.2) is 0 Å². The molecule has 1 saturated heterocycles. The lowest BCUT2D eigenvalue weighted by atomic mass is 9.88. The normalized spacial score (nSPS) is 32.0. The fourth-order valence-corrected chi connectivity index (χ4v) is 3.44. The van der Waals surface area contributed by atoms with Crippen molar-refractivity contribution in [3.63, 3.8) is 0 Å².